The number of hydrogen-bond acceptors (Lipinski definition) is 3. The molecule has 2 unspecified atom stereocenters. The van der Waals surface area contributed by atoms with E-state index in [0.717, 1.165) is 50.4 Å². The van der Waals surface area contributed by atoms with E-state index in [4.69, 9.17) is 0 Å². The summed E-state index contributed by atoms with van der Waals surface area (Å²) in [6.45, 7) is 4.19. The van der Waals surface area contributed by atoms with E-state index in [-0.39, 0.29) is 12.0 Å². The topological polar surface area (TPSA) is 55.8 Å². The maximum Gasteiger partial charge on any atom is 0.0998 e. The van der Waals surface area contributed by atoms with Crippen LogP contribution < -0.4 is 4.90 Å². The Balaban J connectivity index is 1.32. The molecule has 4 nitrogen and oxygen atoms in total. The minimum absolute atomic E-state index is 0.0420. The number of benzene rings is 5. The molecule has 0 saturated heterocycles. The van der Waals surface area contributed by atoms with E-state index in [9.17, 15) is 10.5 Å². The maximum atomic E-state index is 10.4. The highest BCUT2D eigenvalue weighted by atomic mass is 15.2. The smallest absolute Gasteiger partial charge is 0.0998 e. The lowest BCUT2D eigenvalue weighted by molar-refractivity contribution is 0.674. The molecule has 2 atom stereocenters. The second-order valence-electron chi connectivity index (χ2n) is 12.3. The van der Waals surface area contributed by atoms with Gasteiger partial charge in [0, 0.05) is 44.8 Å². The first-order valence-electron chi connectivity index (χ1n) is 16.3. The number of fused-ring (bicyclic) bond motifs is 4. The summed E-state index contributed by atoms with van der Waals surface area (Å²) < 4.78 is 2.36. The third-order valence-corrected chi connectivity index (χ3v) is 9.75. The van der Waals surface area contributed by atoms with Gasteiger partial charge in [-0.05, 0) is 79.1 Å². The summed E-state index contributed by atoms with van der Waals surface area (Å²) in [6.07, 6.45) is 10.3. The number of nitriles is 2. The van der Waals surface area contributed by atoms with Crippen molar-refractivity contribution in [1.82, 2.24) is 4.57 Å². The average Bonchev–Trinajstić information content (AvgIpc) is 3.62. The van der Waals surface area contributed by atoms with Gasteiger partial charge in [-0.2, -0.15) is 10.5 Å². The van der Waals surface area contributed by atoms with Gasteiger partial charge < -0.3 is 9.47 Å². The maximum absolute atomic E-state index is 10.4. The van der Waals surface area contributed by atoms with Crippen LogP contribution in [0.5, 0.6) is 0 Å². The monoisotopic (exact) mass is 616 g/mol. The Morgan fingerprint density at radius 2 is 1.31 bits per heavy atom. The van der Waals surface area contributed by atoms with Crippen LogP contribution >= 0.6 is 0 Å². The quantitative estimate of drug-likeness (QED) is 0.194. The first-order chi connectivity index (χ1) is 23.6. The zero-order valence-electron chi connectivity index (χ0n) is 26.8. The molecule has 0 radical (unpaired) electrons. The first kappa shape index (κ1) is 29.1. The molecule has 0 bridgehead atoms. The molecule has 2 aliphatic rings. The summed E-state index contributed by atoms with van der Waals surface area (Å²) in [5, 5.41) is 22.5. The lowest BCUT2D eigenvalue weighted by Crippen LogP contribution is -2.33. The van der Waals surface area contributed by atoms with Crippen molar-refractivity contribution in [3.8, 4) is 40.1 Å². The van der Waals surface area contributed by atoms with Crippen LogP contribution in [0.25, 0.3) is 49.7 Å². The summed E-state index contributed by atoms with van der Waals surface area (Å²) in [5.41, 5.74) is 12.1. The van der Waals surface area contributed by atoms with E-state index in [1.165, 1.54) is 16.3 Å². The molecule has 1 aromatic heterocycles. The SMILES string of the molecule is C/C=C\C1=C(C)C2C=C(C#N)C=CC2N1c1ccc(C#N)c(-c2ccccc2-c2ccccc2-n2c3ccccc3c3ccccc32)c1. The molecule has 8 rings (SSSR count). The Bertz CT molecular complexity index is 2420. The second kappa shape index (κ2) is 11.8. The standard InChI is InChI=1S/C44H32N4/c1-3-12-40-29(2)38-25-30(27-45)21-24-44(38)47(40)32-23-22-31(28-46)39(26-32)34-14-5-4-13-33(34)35-15-6-9-18-41(35)48-42-19-10-7-16-36(42)37-17-8-11-20-43(37)48/h3-26,38,44H,1-2H3/b12-3-. The average molecular weight is 617 g/mol. The number of aromatic nitrogens is 1. The Hall–Kier alpha value is -6.36. The minimum atomic E-state index is 0.0420. The van der Waals surface area contributed by atoms with Crippen LogP contribution in [-0.2, 0) is 0 Å². The molecule has 0 saturated carbocycles. The van der Waals surface area contributed by atoms with E-state index in [0.29, 0.717) is 11.1 Å². The fraction of sp³-hybridized carbons (Fsp3) is 0.0909. The van der Waals surface area contributed by atoms with Gasteiger partial charge >= 0.3 is 0 Å². The summed E-state index contributed by atoms with van der Waals surface area (Å²) in [4.78, 5) is 2.35. The van der Waals surface area contributed by atoms with E-state index in [1.807, 2.05) is 25.1 Å². The third kappa shape index (κ3) is 4.50. The Kier molecular flexibility index (Phi) is 7.13. The van der Waals surface area contributed by atoms with Crippen LogP contribution in [0.15, 0.2) is 162 Å². The highest BCUT2D eigenvalue weighted by molar-refractivity contribution is 6.10. The zero-order chi connectivity index (χ0) is 32.8. The van der Waals surface area contributed by atoms with Gasteiger partial charge in [-0.15, -0.1) is 0 Å². The molecule has 4 heteroatoms. The Morgan fingerprint density at radius 1 is 0.688 bits per heavy atom. The molecule has 2 heterocycles. The summed E-state index contributed by atoms with van der Waals surface area (Å²) in [7, 11) is 0. The van der Waals surface area contributed by atoms with Gasteiger partial charge in [-0.1, -0.05) is 97.1 Å². The summed E-state index contributed by atoms with van der Waals surface area (Å²) in [5.74, 6) is 0.0975. The number of allylic oxidation sites excluding steroid dienone is 4. The molecule has 0 fully saturated rings. The van der Waals surface area contributed by atoms with Crippen molar-refractivity contribution in [3.63, 3.8) is 0 Å². The van der Waals surface area contributed by atoms with Crippen molar-refractivity contribution in [3.05, 3.63) is 168 Å². The van der Waals surface area contributed by atoms with Crippen LogP contribution in [0.4, 0.5) is 5.69 Å². The number of anilines is 1. The van der Waals surface area contributed by atoms with Gasteiger partial charge in [-0.3, -0.25) is 0 Å². The van der Waals surface area contributed by atoms with Crippen molar-refractivity contribution in [1.29, 1.82) is 10.5 Å². The normalized spacial score (nSPS) is 17.2. The van der Waals surface area contributed by atoms with E-state index in [1.54, 1.807) is 0 Å². The van der Waals surface area contributed by atoms with Crippen molar-refractivity contribution in [2.75, 3.05) is 4.90 Å². The van der Waals surface area contributed by atoms with Crippen LogP contribution in [0.1, 0.15) is 19.4 Å². The van der Waals surface area contributed by atoms with Gasteiger partial charge in [0.1, 0.15) is 0 Å². The molecular weight excluding hydrogens is 585 g/mol. The van der Waals surface area contributed by atoms with E-state index in [2.05, 4.69) is 156 Å². The van der Waals surface area contributed by atoms with Crippen LogP contribution in [-0.4, -0.2) is 10.6 Å². The van der Waals surface area contributed by atoms with Gasteiger partial charge in [-0.25, -0.2) is 0 Å². The predicted octanol–water partition coefficient (Wildman–Crippen LogP) is 10.7. The second-order valence-corrected chi connectivity index (χ2v) is 12.3. The van der Waals surface area contributed by atoms with E-state index >= 15 is 0 Å². The largest absolute Gasteiger partial charge is 0.334 e. The molecule has 1 aliphatic carbocycles. The molecule has 0 amide bonds. The number of hydrogen-bond donors (Lipinski definition) is 0. The molecular formula is C44H32N4. The van der Waals surface area contributed by atoms with Crippen molar-refractivity contribution >= 4 is 27.5 Å². The van der Waals surface area contributed by atoms with Crippen molar-refractivity contribution in [2.45, 2.75) is 19.9 Å². The fourth-order valence-corrected chi connectivity index (χ4v) is 7.61. The minimum Gasteiger partial charge on any atom is -0.334 e. The predicted molar refractivity (Wildman–Crippen MR) is 196 cm³/mol. The Morgan fingerprint density at radius 3 is 1.98 bits per heavy atom. The van der Waals surface area contributed by atoms with Crippen LogP contribution in [0.3, 0.4) is 0 Å². The van der Waals surface area contributed by atoms with Gasteiger partial charge in [0.05, 0.1) is 40.5 Å². The lowest BCUT2D eigenvalue weighted by atomic mass is 9.88. The van der Waals surface area contributed by atoms with E-state index < -0.39 is 0 Å². The van der Waals surface area contributed by atoms with Gasteiger partial charge in [0.2, 0.25) is 0 Å². The molecule has 0 N–H and O–H groups in total. The highest BCUT2D eigenvalue weighted by Crippen LogP contribution is 2.45. The fourth-order valence-electron chi connectivity index (χ4n) is 7.61. The molecule has 48 heavy (non-hydrogen) atoms. The van der Waals surface area contributed by atoms with Gasteiger partial charge in [0.15, 0.2) is 0 Å². The summed E-state index contributed by atoms with van der Waals surface area (Å²) >= 11 is 0. The van der Waals surface area contributed by atoms with Crippen molar-refractivity contribution in [2.24, 2.45) is 5.92 Å². The number of para-hydroxylation sites is 3. The molecule has 5 aromatic carbocycles. The lowest BCUT2D eigenvalue weighted by Gasteiger charge is -2.31. The Labute approximate surface area is 280 Å². The molecule has 1 aliphatic heterocycles. The van der Waals surface area contributed by atoms with Crippen molar-refractivity contribution < 1.29 is 0 Å². The zero-order valence-corrected chi connectivity index (χ0v) is 26.8. The molecule has 6 aromatic rings. The third-order valence-electron chi connectivity index (χ3n) is 9.75. The van der Waals surface area contributed by atoms with Gasteiger partial charge in [0.25, 0.3) is 0 Å². The van der Waals surface area contributed by atoms with Crippen LogP contribution in [0.2, 0.25) is 0 Å². The first-order valence-corrected chi connectivity index (χ1v) is 16.3. The highest BCUT2D eigenvalue weighted by Gasteiger charge is 2.37. The molecule has 228 valence electrons. The summed E-state index contributed by atoms with van der Waals surface area (Å²) in [6, 6.07) is 45.1. The molecule has 0 spiro atoms. The number of nitrogens with zero attached hydrogens (tertiary/aromatic N) is 4. The number of rotatable bonds is 5. The van der Waals surface area contributed by atoms with Crippen LogP contribution in [0, 0.1) is 28.6 Å².